The molecule has 2 rings (SSSR count). The first-order valence-corrected chi connectivity index (χ1v) is 10.8. The highest BCUT2D eigenvalue weighted by Crippen LogP contribution is 2.16. The van der Waals surface area contributed by atoms with Crippen LogP contribution in [0.15, 0.2) is 34.3 Å². The first kappa shape index (κ1) is 19.3. The molecule has 24 heavy (non-hydrogen) atoms. The van der Waals surface area contributed by atoms with E-state index in [1.807, 2.05) is 0 Å². The fraction of sp³-hybridized carbons (Fsp3) is 0.611. The van der Waals surface area contributed by atoms with Crippen LogP contribution < -0.4 is 4.83 Å². The van der Waals surface area contributed by atoms with Gasteiger partial charge >= 0.3 is 0 Å². The second-order valence-corrected chi connectivity index (χ2v) is 8.51. The van der Waals surface area contributed by atoms with E-state index in [-0.39, 0.29) is 4.90 Å². The molecule has 134 valence electrons. The molecular weight excluding hydrogens is 344 g/mol. The van der Waals surface area contributed by atoms with Crippen molar-refractivity contribution in [1.82, 2.24) is 4.83 Å². The molecule has 1 aliphatic rings. The Morgan fingerprint density at radius 3 is 1.75 bits per heavy atom. The molecule has 1 saturated carbocycles. The zero-order valence-electron chi connectivity index (χ0n) is 14.1. The van der Waals surface area contributed by atoms with Crippen LogP contribution in [0.2, 0.25) is 5.02 Å². The SMILES string of the molecule is O=S(=O)(NN=C1CCCCCCCCCCC1)c1ccc(Cl)cc1. The van der Waals surface area contributed by atoms with Crippen LogP contribution in [0.5, 0.6) is 0 Å². The Kier molecular flexibility index (Phi) is 8.06. The summed E-state index contributed by atoms with van der Waals surface area (Å²) in [5.74, 6) is 0. The molecule has 0 radical (unpaired) electrons. The molecule has 0 amide bonds. The molecular formula is C18H27ClN2O2S. The number of halogens is 1. The zero-order chi connectivity index (χ0) is 17.3. The third-order valence-corrected chi connectivity index (χ3v) is 5.85. The largest absolute Gasteiger partial charge is 0.276 e. The van der Waals surface area contributed by atoms with Crippen molar-refractivity contribution < 1.29 is 8.42 Å². The molecule has 1 fully saturated rings. The Morgan fingerprint density at radius 1 is 0.792 bits per heavy atom. The van der Waals surface area contributed by atoms with Crippen molar-refractivity contribution >= 4 is 27.3 Å². The summed E-state index contributed by atoms with van der Waals surface area (Å²) >= 11 is 5.81. The van der Waals surface area contributed by atoms with E-state index in [9.17, 15) is 8.42 Å². The summed E-state index contributed by atoms with van der Waals surface area (Å²) in [4.78, 5) is 2.58. The van der Waals surface area contributed by atoms with Gasteiger partial charge in [-0.05, 0) is 49.9 Å². The normalized spacial score (nSPS) is 18.3. The highest BCUT2D eigenvalue weighted by molar-refractivity contribution is 7.89. The molecule has 6 heteroatoms. The van der Waals surface area contributed by atoms with Gasteiger partial charge in [-0.15, -0.1) is 0 Å². The van der Waals surface area contributed by atoms with Gasteiger partial charge in [-0.25, -0.2) is 4.83 Å². The zero-order valence-corrected chi connectivity index (χ0v) is 15.7. The Morgan fingerprint density at radius 2 is 1.25 bits per heavy atom. The minimum Gasteiger partial charge on any atom is -0.200 e. The number of rotatable bonds is 3. The standard InChI is InChI=1S/C18H27ClN2O2S/c19-16-12-14-18(15-13-16)24(22,23)21-20-17-10-8-6-4-2-1-3-5-7-9-11-17/h12-15,21H,1-11H2. The van der Waals surface area contributed by atoms with E-state index in [1.165, 1.54) is 57.1 Å². The first-order chi connectivity index (χ1) is 11.6. The first-order valence-electron chi connectivity index (χ1n) is 8.91. The molecule has 0 saturated heterocycles. The van der Waals surface area contributed by atoms with Gasteiger partial charge in [0.25, 0.3) is 10.0 Å². The fourth-order valence-electron chi connectivity index (χ4n) is 2.92. The van der Waals surface area contributed by atoms with Crippen LogP contribution in [0.1, 0.15) is 70.6 Å². The molecule has 1 aromatic rings. The number of hydrogen-bond acceptors (Lipinski definition) is 3. The van der Waals surface area contributed by atoms with Gasteiger partial charge in [0.2, 0.25) is 0 Å². The van der Waals surface area contributed by atoms with Crippen LogP contribution in [0.25, 0.3) is 0 Å². The number of nitrogens with one attached hydrogen (secondary N) is 1. The van der Waals surface area contributed by atoms with E-state index in [0.717, 1.165) is 31.4 Å². The highest BCUT2D eigenvalue weighted by Gasteiger charge is 2.13. The van der Waals surface area contributed by atoms with Crippen molar-refractivity contribution in [3.8, 4) is 0 Å². The second kappa shape index (κ2) is 10.0. The minimum absolute atomic E-state index is 0.185. The maximum absolute atomic E-state index is 12.3. The van der Waals surface area contributed by atoms with Crippen molar-refractivity contribution in [2.75, 3.05) is 0 Å². The minimum atomic E-state index is -3.62. The van der Waals surface area contributed by atoms with Crippen LogP contribution in [-0.2, 0) is 10.0 Å². The summed E-state index contributed by atoms with van der Waals surface area (Å²) in [6, 6.07) is 6.12. The van der Waals surface area contributed by atoms with Crippen molar-refractivity contribution in [2.45, 2.75) is 75.5 Å². The van der Waals surface area contributed by atoms with E-state index >= 15 is 0 Å². The topological polar surface area (TPSA) is 58.5 Å². The van der Waals surface area contributed by atoms with Gasteiger partial charge in [0.15, 0.2) is 0 Å². The predicted molar refractivity (Wildman–Crippen MR) is 100.0 cm³/mol. The van der Waals surface area contributed by atoms with Gasteiger partial charge in [0.1, 0.15) is 0 Å². The van der Waals surface area contributed by atoms with Gasteiger partial charge in [-0.3, -0.25) is 0 Å². The molecule has 0 bridgehead atoms. The lowest BCUT2D eigenvalue weighted by atomic mass is 10.00. The Bertz CT molecular complexity index is 613. The van der Waals surface area contributed by atoms with Crippen molar-refractivity contribution in [2.24, 2.45) is 5.10 Å². The number of hydrazone groups is 1. The smallest absolute Gasteiger partial charge is 0.200 e. The molecule has 1 N–H and O–H groups in total. The number of sulfonamides is 1. The van der Waals surface area contributed by atoms with Crippen molar-refractivity contribution in [1.29, 1.82) is 0 Å². The van der Waals surface area contributed by atoms with Crippen LogP contribution >= 0.6 is 11.6 Å². The third kappa shape index (κ3) is 6.81. The summed E-state index contributed by atoms with van der Waals surface area (Å²) in [6.07, 6.45) is 12.8. The third-order valence-electron chi connectivity index (χ3n) is 4.38. The maximum Gasteiger partial charge on any atom is 0.276 e. The van der Waals surface area contributed by atoms with Gasteiger partial charge in [-0.1, -0.05) is 56.5 Å². The van der Waals surface area contributed by atoms with E-state index in [0.29, 0.717) is 5.02 Å². The number of hydrogen-bond donors (Lipinski definition) is 1. The van der Waals surface area contributed by atoms with E-state index in [1.54, 1.807) is 12.1 Å². The van der Waals surface area contributed by atoms with E-state index < -0.39 is 10.0 Å². The molecule has 0 unspecified atom stereocenters. The summed E-state index contributed by atoms with van der Waals surface area (Å²) in [6.45, 7) is 0. The fourth-order valence-corrected chi connectivity index (χ4v) is 3.90. The monoisotopic (exact) mass is 370 g/mol. The number of nitrogens with zero attached hydrogens (tertiary/aromatic N) is 1. The average molecular weight is 371 g/mol. The highest BCUT2D eigenvalue weighted by atomic mass is 35.5. The molecule has 4 nitrogen and oxygen atoms in total. The maximum atomic E-state index is 12.3. The van der Waals surface area contributed by atoms with E-state index in [4.69, 9.17) is 11.6 Å². The van der Waals surface area contributed by atoms with Crippen LogP contribution in [0.3, 0.4) is 0 Å². The predicted octanol–water partition coefficient (Wildman–Crippen LogP) is 5.28. The summed E-state index contributed by atoms with van der Waals surface area (Å²) in [7, 11) is -3.62. The lowest BCUT2D eigenvalue weighted by Gasteiger charge is -2.10. The molecule has 0 aliphatic heterocycles. The quantitative estimate of drug-likeness (QED) is 0.736. The lowest BCUT2D eigenvalue weighted by molar-refractivity contribution is 0.554. The molecule has 1 aromatic carbocycles. The van der Waals surface area contributed by atoms with E-state index in [2.05, 4.69) is 9.93 Å². The van der Waals surface area contributed by atoms with Crippen LogP contribution in [0.4, 0.5) is 0 Å². The number of benzene rings is 1. The van der Waals surface area contributed by atoms with Crippen LogP contribution in [0, 0.1) is 0 Å². The molecule has 1 aliphatic carbocycles. The van der Waals surface area contributed by atoms with Gasteiger partial charge in [-0.2, -0.15) is 13.5 Å². The van der Waals surface area contributed by atoms with Crippen molar-refractivity contribution in [3.63, 3.8) is 0 Å². The average Bonchev–Trinajstić information content (AvgIpc) is 2.55. The Hall–Kier alpha value is -1.07. The molecule has 0 spiro atoms. The molecule has 0 aromatic heterocycles. The summed E-state index contributed by atoms with van der Waals surface area (Å²) in [5.41, 5.74) is 0.966. The summed E-state index contributed by atoms with van der Waals surface area (Å²) < 4.78 is 24.6. The molecule has 0 heterocycles. The molecule has 0 atom stereocenters. The Balaban J connectivity index is 1.98. The van der Waals surface area contributed by atoms with Gasteiger partial charge < -0.3 is 0 Å². The second-order valence-electron chi connectivity index (χ2n) is 6.41. The summed E-state index contributed by atoms with van der Waals surface area (Å²) in [5, 5.41) is 4.74. The van der Waals surface area contributed by atoms with Gasteiger partial charge in [0, 0.05) is 10.7 Å². The lowest BCUT2D eigenvalue weighted by Crippen LogP contribution is -2.20. The Labute approximate surface area is 150 Å². The van der Waals surface area contributed by atoms with Crippen LogP contribution in [-0.4, -0.2) is 14.1 Å². The van der Waals surface area contributed by atoms with Crippen molar-refractivity contribution in [3.05, 3.63) is 29.3 Å². The van der Waals surface area contributed by atoms with Gasteiger partial charge in [0.05, 0.1) is 4.90 Å².